The number of hydrogen-bond acceptors (Lipinski definition) is 2. The Balaban J connectivity index is 1.19. The summed E-state index contributed by atoms with van der Waals surface area (Å²) in [5.74, 6) is 0.355. The van der Waals surface area contributed by atoms with Gasteiger partial charge < -0.3 is 4.90 Å². The third kappa shape index (κ3) is 3.80. The lowest BCUT2D eigenvalue weighted by Crippen LogP contribution is -2.24. The van der Waals surface area contributed by atoms with Crippen LogP contribution in [-0.4, -0.2) is 0 Å². The highest BCUT2D eigenvalue weighted by molar-refractivity contribution is 7.27. The van der Waals surface area contributed by atoms with Crippen molar-refractivity contribution in [3.63, 3.8) is 0 Å². The Labute approximate surface area is 272 Å². The maximum absolute atomic E-state index is 2.51. The summed E-state index contributed by atoms with van der Waals surface area (Å²) in [5, 5.41) is 8.03. The third-order valence-corrected chi connectivity index (χ3v) is 11.5. The van der Waals surface area contributed by atoms with Gasteiger partial charge in [0.2, 0.25) is 0 Å². The molecule has 10 rings (SSSR count). The van der Waals surface area contributed by atoms with Crippen LogP contribution in [0, 0.1) is 0 Å². The van der Waals surface area contributed by atoms with Gasteiger partial charge >= 0.3 is 0 Å². The summed E-state index contributed by atoms with van der Waals surface area (Å²) in [7, 11) is 0. The summed E-state index contributed by atoms with van der Waals surface area (Å²) in [6, 6.07) is 45.0. The van der Waals surface area contributed by atoms with E-state index in [2.05, 4.69) is 151 Å². The number of rotatable bonds is 3. The molecule has 1 aromatic heterocycles. The fourth-order valence-electron chi connectivity index (χ4n) is 8.30. The number of fused-ring (bicyclic) bond motifs is 13. The van der Waals surface area contributed by atoms with Crippen LogP contribution in [0.1, 0.15) is 36.3 Å². The molecule has 1 heterocycles. The fraction of sp³-hybridized carbons (Fsp3) is 0.0909. The molecule has 1 nitrogen and oxygen atoms in total. The quantitative estimate of drug-likeness (QED) is 0.181. The van der Waals surface area contributed by atoms with Crippen molar-refractivity contribution in [1.82, 2.24) is 0 Å². The molecule has 0 N–H and O–H groups in total. The maximum Gasteiger partial charge on any atom is 0.0465 e. The van der Waals surface area contributed by atoms with Crippen LogP contribution >= 0.6 is 11.3 Å². The molecular formula is C44H31NS. The van der Waals surface area contributed by atoms with Gasteiger partial charge in [0.15, 0.2) is 0 Å². The van der Waals surface area contributed by atoms with E-state index >= 15 is 0 Å². The van der Waals surface area contributed by atoms with E-state index in [9.17, 15) is 0 Å². The minimum atomic E-state index is 0.355. The Kier molecular flexibility index (Phi) is 5.76. The largest absolute Gasteiger partial charge is 0.314 e. The molecule has 0 amide bonds. The van der Waals surface area contributed by atoms with Crippen LogP contribution in [0.2, 0.25) is 0 Å². The summed E-state index contributed by atoms with van der Waals surface area (Å²) < 4.78 is 2.71. The second kappa shape index (κ2) is 10.2. The Hall–Kier alpha value is -5.18. The first kappa shape index (κ1) is 26.1. The number of benzene rings is 6. The van der Waals surface area contributed by atoms with Gasteiger partial charge in [-0.15, -0.1) is 11.3 Å². The highest BCUT2D eigenvalue weighted by Crippen LogP contribution is 2.52. The lowest BCUT2D eigenvalue weighted by atomic mass is 9.69. The van der Waals surface area contributed by atoms with Crippen molar-refractivity contribution in [1.29, 1.82) is 0 Å². The van der Waals surface area contributed by atoms with Gasteiger partial charge in [-0.1, -0.05) is 109 Å². The number of nitrogens with zero attached hydrogens (tertiary/aromatic N) is 1. The zero-order chi connectivity index (χ0) is 30.2. The highest BCUT2D eigenvalue weighted by atomic mass is 32.1. The minimum Gasteiger partial charge on any atom is -0.314 e. The Morgan fingerprint density at radius 1 is 0.630 bits per heavy atom. The molecular weight excluding hydrogens is 575 g/mol. The van der Waals surface area contributed by atoms with Crippen molar-refractivity contribution >= 4 is 70.0 Å². The Morgan fingerprint density at radius 3 is 2.24 bits per heavy atom. The summed E-state index contributed by atoms with van der Waals surface area (Å²) in [4.78, 5) is 2.51. The summed E-state index contributed by atoms with van der Waals surface area (Å²) in [6.45, 7) is 0. The van der Waals surface area contributed by atoms with E-state index in [-0.39, 0.29) is 0 Å². The lowest BCUT2D eigenvalue weighted by Gasteiger charge is -2.38. The Bertz CT molecular complexity index is 2510. The van der Waals surface area contributed by atoms with Crippen LogP contribution in [0.3, 0.4) is 0 Å². The van der Waals surface area contributed by atoms with Gasteiger partial charge in [-0.3, -0.25) is 0 Å². The first-order valence-corrected chi connectivity index (χ1v) is 17.2. The van der Waals surface area contributed by atoms with Crippen molar-refractivity contribution in [2.75, 3.05) is 4.90 Å². The van der Waals surface area contributed by atoms with E-state index in [1.807, 2.05) is 11.3 Å². The molecule has 0 radical (unpaired) electrons. The fourth-order valence-corrected chi connectivity index (χ4v) is 9.53. The van der Waals surface area contributed by atoms with Crippen molar-refractivity contribution in [3.8, 4) is 0 Å². The van der Waals surface area contributed by atoms with Crippen molar-refractivity contribution in [3.05, 3.63) is 174 Å². The van der Waals surface area contributed by atoms with Gasteiger partial charge in [-0.25, -0.2) is 0 Å². The highest BCUT2D eigenvalue weighted by Gasteiger charge is 2.34. The molecule has 0 bridgehead atoms. The number of hydrogen-bond donors (Lipinski definition) is 0. The second-order valence-electron chi connectivity index (χ2n) is 12.7. The summed E-state index contributed by atoms with van der Waals surface area (Å²) in [5.41, 5.74) is 11.1. The molecule has 0 aliphatic heterocycles. The topological polar surface area (TPSA) is 3.24 Å². The van der Waals surface area contributed by atoms with Gasteiger partial charge in [0, 0.05) is 48.5 Å². The molecule has 0 saturated carbocycles. The number of para-hydroxylation sites is 1. The summed E-state index contributed by atoms with van der Waals surface area (Å²) >= 11 is 1.92. The first-order valence-electron chi connectivity index (χ1n) is 16.3. The lowest BCUT2D eigenvalue weighted by molar-refractivity contribution is 0.733. The zero-order valence-electron chi connectivity index (χ0n) is 25.4. The van der Waals surface area contributed by atoms with E-state index in [1.54, 1.807) is 0 Å². The van der Waals surface area contributed by atoms with Crippen LogP contribution in [0.25, 0.3) is 47.3 Å². The SMILES string of the molecule is C1=CC2=C(CC1)C1=CC=C(N(c3ccccc3)c3ccc4sc5c6ccccc6c6ccccc6c5c4c3)CC1c1ccccc12. The number of allylic oxidation sites excluding steroid dienone is 8. The third-order valence-electron chi connectivity index (χ3n) is 10.3. The molecule has 218 valence electrons. The molecule has 46 heavy (non-hydrogen) atoms. The van der Waals surface area contributed by atoms with Crippen LogP contribution in [0.5, 0.6) is 0 Å². The molecule has 0 saturated heterocycles. The van der Waals surface area contributed by atoms with Crippen molar-refractivity contribution in [2.24, 2.45) is 0 Å². The average molecular weight is 606 g/mol. The molecule has 3 aliphatic carbocycles. The van der Waals surface area contributed by atoms with Crippen molar-refractivity contribution in [2.45, 2.75) is 25.2 Å². The smallest absolute Gasteiger partial charge is 0.0465 e. The van der Waals surface area contributed by atoms with E-state index in [1.165, 1.54) is 86.6 Å². The average Bonchev–Trinajstić information content (AvgIpc) is 3.52. The summed E-state index contributed by atoms with van der Waals surface area (Å²) in [6.07, 6.45) is 12.7. The van der Waals surface area contributed by atoms with Crippen LogP contribution in [-0.2, 0) is 0 Å². The van der Waals surface area contributed by atoms with Crippen LogP contribution in [0.15, 0.2) is 162 Å². The van der Waals surface area contributed by atoms with E-state index in [0.717, 1.165) is 19.3 Å². The van der Waals surface area contributed by atoms with E-state index in [4.69, 9.17) is 0 Å². The van der Waals surface area contributed by atoms with E-state index < -0.39 is 0 Å². The van der Waals surface area contributed by atoms with Gasteiger partial charge in [0.1, 0.15) is 0 Å². The first-order chi connectivity index (χ1) is 22.8. The molecule has 0 fully saturated rings. The molecule has 3 aliphatic rings. The predicted octanol–water partition coefficient (Wildman–Crippen LogP) is 12.6. The maximum atomic E-state index is 2.51. The van der Waals surface area contributed by atoms with Gasteiger partial charge in [-0.05, 0) is 99.7 Å². The minimum absolute atomic E-state index is 0.355. The molecule has 7 aromatic rings. The van der Waals surface area contributed by atoms with Crippen LogP contribution in [0.4, 0.5) is 11.4 Å². The molecule has 1 atom stereocenters. The van der Waals surface area contributed by atoms with Crippen molar-refractivity contribution < 1.29 is 0 Å². The van der Waals surface area contributed by atoms with E-state index in [0.29, 0.717) is 5.92 Å². The number of thiophene rings is 1. The molecule has 1 unspecified atom stereocenters. The molecule has 6 aromatic carbocycles. The van der Waals surface area contributed by atoms with Gasteiger partial charge in [0.25, 0.3) is 0 Å². The normalized spacial score (nSPS) is 17.2. The van der Waals surface area contributed by atoms with Crippen LogP contribution < -0.4 is 4.90 Å². The van der Waals surface area contributed by atoms with Gasteiger partial charge in [0.05, 0.1) is 0 Å². The van der Waals surface area contributed by atoms with Gasteiger partial charge in [-0.2, -0.15) is 0 Å². The zero-order valence-corrected chi connectivity index (χ0v) is 26.2. The number of anilines is 2. The predicted molar refractivity (Wildman–Crippen MR) is 198 cm³/mol. The monoisotopic (exact) mass is 605 g/mol. The standard InChI is InChI=1S/C44H31NS/c1-2-12-28(13-3-1)45(29-22-24-37-33-16-5-4-14-31(33)32-15-6-7-19-36(32)40(37)26-29)30-23-25-42-41(27-30)43-38-20-10-8-17-34(38)35-18-9-11-21-39(35)44(43)46-42/h1-4,6-15,17-25,27,40H,5,16,26H2. The second-order valence-corrected chi connectivity index (χ2v) is 13.8. The molecule has 0 spiro atoms. The molecule has 2 heteroatoms. The Morgan fingerprint density at radius 2 is 1.37 bits per heavy atom.